The highest BCUT2D eigenvalue weighted by atomic mass is 32.1. The predicted molar refractivity (Wildman–Crippen MR) is 87.1 cm³/mol. The lowest BCUT2D eigenvalue weighted by molar-refractivity contribution is 0.0692. The van der Waals surface area contributed by atoms with Gasteiger partial charge in [-0.05, 0) is 18.5 Å². The molecule has 0 spiro atoms. The van der Waals surface area contributed by atoms with Crippen molar-refractivity contribution in [3.8, 4) is 0 Å². The van der Waals surface area contributed by atoms with Gasteiger partial charge < -0.3 is 10.2 Å². The molecule has 3 heterocycles. The normalized spacial score (nSPS) is 27.6. The summed E-state index contributed by atoms with van der Waals surface area (Å²) in [6.07, 6.45) is 1.03. The Morgan fingerprint density at radius 1 is 1.32 bits per heavy atom. The van der Waals surface area contributed by atoms with Crippen LogP contribution in [0.15, 0.2) is 41.2 Å². The first kappa shape index (κ1) is 13.9. The molecule has 1 aromatic carbocycles. The molecule has 0 unspecified atom stereocenters. The molecule has 1 N–H and O–H groups in total. The van der Waals surface area contributed by atoms with E-state index < -0.39 is 0 Å². The monoisotopic (exact) mass is 313 g/mol. The number of carbonyl (C=O) groups excluding carboxylic acids is 1. The van der Waals surface area contributed by atoms with E-state index in [1.807, 2.05) is 11.4 Å². The zero-order chi connectivity index (χ0) is 14.9. The molecule has 0 bridgehead atoms. The maximum atomic E-state index is 12.8. The van der Waals surface area contributed by atoms with E-state index in [9.17, 15) is 4.79 Å². The number of nitrogens with one attached hydrogen (secondary N) is 1. The molecule has 114 valence electrons. The van der Waals surface area contributed by atoms with E-state index in [2.05, 4.69) is 39.5 Å². The van der Waals surface area contributed by atoms with Crippen LogP contribution in [0, 0.1) is 5.92 Å². The maximum Gasteiger partial charge on any atom is 0.273 e. The van der Waals surface area contributed by atoms with Crippen LogP contribution in [0.3, 0.4) is 0 Å². The van der Waals surface area contributed by atoms with E-state index in [1.165, 1.54) is 16.9 Å². The van der Waals surface area contributed by atoms with Crippen molar-refractivity contribution < 1.29 is 4.79 Å². The lowest BCUT2D eigenvalue weighted by Gasteiger charge is -2.32. The van der Waals surface area contributed by atoms with Crippen LogP contribution in [0.1, 0.15) is 28.4 Å². The van der Waals surface area contributed by atoms with Crippen LogP contribution >= 0.6 is 11.3 Å². The second kappa shape index (κ2) is 5.82. The second-order valence-corrected chi connectivity index (χ2v) is 6.79. The van der Waals surface area contributed by atoms with Crippen molar-refractivity contribution in [2.75, 3.05) is 19.6 Å². The van der Waals surface area contributed by atoms with Crippen LogP contribution in [0.5, 0.6) is 0 Å². The van der Waals surface area contributed by atoms with Crippen molar-refractivity contribution in [1.29, 1.82) is 0 Å². The van der Waals surface area contributed by atoms with Crippen LogP contribution in [-0.2, 0) is 0 Å². The van der Waals surface area contributed by atoms with E-state index >= 15 is 0 Å². The summed E-state index contributed by atoms with van der Waals surface area (Å²) in [6.45, 7) is 2.78. The van der Waals surface area contributed by atoms with Gasteiger partial charge in [0, 0.05) is 36.3 Å². The Hall–Kier alpha value is -1.72. The van der Waals surface area contributed by atoms with Gasteiger partial charge in [-0.15, -0.1) is 11.3 Å². The van der Waals surface area contributed by atoms with Gasteiger partial charge in [0.25, 0.3) is 5.91 Å². The Bertz CT molecular complexity index is 643. The van der Waals surface area contributed by atoms with Gasteiger partial charge in [-0.3, -0.25) is 4.79 Å². The molecule has 5 heteroatoms. The summed E-state index contributed by atoms with van der Waals surface area (Å²) in [5.74, 6) is 1.01. The van der Waals surface area contributed by atoms with E-state index in [-0.39, 0.29) is 5.91 Å². The number of piperidine rings is 1. The van der Waals surface area contributed by atoms with Crippen molar-refractivity contribution in [2.45, 2.75) is 18.4 Å². The lowest BCUT2D eigenvalue weighted by atomic mass is 9.82. The number of rotatable bonds is 2. The highest BCUT2D eigenvalue weighted by Gasteiger charge is 2.45. The number of benzene rings is 1. The molecule has 2 aliphatic rings. The standard InChI is InChI=1S/C17H19N3OS/c21-17(15-10-22-11-19-15)20-9-14(12-4-2-1-3-5-12)13-8-18-7-6-16(13)20/h1-5,10-11,13-14,16,18H,6-9H2/t13-,14-,16-/m1/s1. The van der Waals surface area contributed by atoms with Crippen LogP contribution in [0.2, 0.25) is 0 Å². The first-order valence-electron chi connectivity index (χ1n) is 7.79. The number of fused-ring (bicyclic) bond motifs is 1. The summed E-state index contributed by atoms with van der Waals surface area (Å²) < 4.78 is 0. The highest BCUT2D eigenvalue weighted by molar-refractivity contribution is 7.07. The summed E-state index contributed by atoms with van der Waals surface area (Å²) in [7, 11) is 0. The molecule has 2 saturated heterocycles. The topological polar surface area (TPSA) is 45.2 Å². The Labute approximate surface area is 134 Å². The molecule has 0 saturated carbocycles. The molecule has 1 aromatic heterocycles. The quantitative estimate of drug-likeness (QED) is 0.926. The van der Waals surface area contributed by atoms with Gasteiger partial charge in [-0.1, -0.05) is 30.3 Å². The van der Waals surface area contributed by atoms with Crippen LogP contribution in [0.4, 0.5) is 0 Å². The number of hydrogen-bond donors (Lipinski definition) is 1. The zero-order valence-corrected chi connectivity index (χ0v) is 13.1. The van der Waals surface area contributed by atoms with Gasteiger partial charge in [0.1, 0.15) is 5.69 Å². The fraction of sp³-hybridized carbons (Fsp3) is 0.412. The maximum absolute atomic E-state index is 12.8. The fourth-order valence-electron chi connectivity index (χ4n) is 3.90. The van der Waals surface area contributed by atoms with E-state index in [0.717, 1.165) is 26.1 Å². The van der Waals surface area contributed by atoms with Gasteiger partial charge >= 0.3 is 0 Å². The molecule has 4 rings (SSSR count). The minimum atomic E-state index is 0.0941. The van der Waals surface area contributed by atoms with E-state index in [1.54, 1.807) is 5.51 Å². The number of nitrogens with zero attached hydrogens (tertiary/aromatic N) is 2. The van der Waals surface area contributed by atoms with E-state index in [0.29, 0.717) is 23.6 Å². The smallest absolute Gasteiger partial charge is 0.273 e. The van der Waals surface area contributed by atoms with Gasteiger partial charge in [0.05, 0.1) is 5.51 Å². The number of likely N-dealkylation sites (tertiary alicyclic amines) is 1. The Morgan fingerprint density at radius 2 is 2.18 bits per heavy atom. The Morgan fingerprint density at radius 3 is 2.95 bits per heavy atom. The SMILES string of the molecule is O=C(c1cscn1)N1C[C@H](c2ccccc2)[C@H]2CNCC[C@H]21. The highest BCUT2D eigenvalue weighted by Crippen LogP contribution is 2.40. The molecule has 2 fully saturated rings. The van der Waals surface area contributed by atoms with Crippen LogP contribution in [0.25, 0.3) is 0 Å². The van der Waals surface area contributed by atoms with Gasteiger partial charge in [-0.2, -0.15) is 0 Å². The Kier molecular flexibility index (Phi) is 3.68. The fourth-order valence-corrected chi connectivity index (χ4v) is 4.43. The second-order valence-electron chi connectivity index (χ2n) is 6.07. The summed E-state index contributed by atoms with van der Waals surface area (Å²) in [6, 6.07) is 10.9. The Balaban J connectivity index is 1.64. The minimum absolute atomic E-state index is 0.0941. The third kappa shape index (κ3) is 2.34. The minimum Gasteiger partial charge on any atom is -0.333 e. The molecule has 1 amide bonds. The van der Waals surface area contributed by atoms with Gasteiger partial charge in [0.2, 0.25) is 0 Å². The number of hydrogen-bond acceptors (Lipinski definition) is 4. The number of amides is 1. The predicted octanol–water partition coefficient (Wildman–Crippen LogP) is 2.36. The molecule has 2 aromatic rings. The first-order valence-corrected chi connectivity index (χ1v) is 8.73. The summed E-state index contributed by atoms with van der Waals surface area (Å²) in [5.41, 5.74) is 3.67. The summed E-state index contributed by atoms with van der Waals surface area (Å²) in [5, 5.41) is 5.35. The molecular formula is C17H19N3OS. The molecule has 4 nitrogen and oxygen atoms in total. The van der Waals surface area contributed by atoms with E-state index in [4.69, 9.17) is 0 Å². The molecule has 22 heavy (non-hydrogen) atoms. The van der Waals surface area contributed by atoms with Crippen molar-refractivity contribution >= 4 is 17.2 Å². The van der Waals surface area contributed by atoms with Crippen molar-refractivity contribution in [3.63, 3.8) is 0 Å². The largest absolute Gasteiger partial charge is 0.333 e. The average molecular weight is 313 g/mol. The van der Waals surface area contributed by atoms with Crippen LogP contribution < -0.4 is 5.32 Å². The summed E-state index contributed by atoms with van der Waals surface area (Å²) in [4.78, 5) is 19.1. The van der Waals surface area contributed by atoms with Crippen molar-refractivity contribution in [2.24, 2.45) is 5.92 Å². The third-order valence-corrected chi connectivity index (χ3v) is 5.53. The lowest BCUT2D eigenvalue weighted by Crippen LogP contribution is -2.46. The van der Waals surface area contributed by atoms with Gasteiger partial charge in [0.15, 0.2) is 0 Å². The molecule has 3 atom stereocenters. The zero-order valence-electron chi connectivity index (χ0n) is 12.3. The third-order valence-electron chi connectivity index (χ3n) is 4.94. The van der Waals surface area contributed by atoms with Gasteiger partial charge in [-0.25, -0.2) is 4.98 Å². The number of aromatic nitrogens is 1. The first-order chi connectivity index (χ1) is 10.8. The molecule has 2 aliphatic heterocycles. The van der Waals surface area contributed by atoms with Crippen molar-refractivity contribution in [1.82, 2.24) is 15.2 Å². The summed E-state index contributed by atoms with van der Waals surface area (Å²) >= 11 is 1.48. The molecule has 0 radical (unpaired) electrons. The molecule has 0 aliphatic carbocycles. The number of thiazole rings is 1. The number of carbonyl (C=O) groups is 1. The molecular weight excluding hydrogens is 294 g/mol. The van der Waals surface area contributed by atoms with Crippen LogP contribution in [-0.4, -0.2) is 41.5 Å². The van der Waals surface area contributed by atoms with Crippen molar-refractivity contribution in [3.05, 3.63) is 52.5 Å². The average Bonchev–Trinajstić information content (AvgIpc) is 3.23.